The summed E-state index contributed by atoms with van der Waals surface area (Å²) in [7, 11) is 1.48. The second kappa shape index (κ2) is 9.41. The van der Waals surface area contributed by atoms with Crippen molar-refractivity contribution < 1.29 is 19.4 Å². The maximum absolute atomic E-state index is 12.2. The van der Waals surface area contributed by atoms with Crippen molar-refractivity contribution in [2.75, 3.05) is 7.11 Å². The zero-order valence-electron chi connectivity index (χ0n) is 16.3. The highest BCUT2D eigenvalue weighted by atomic mass is 16.5. The first-order chi connectivity index (χ1) is 14.0. The third-order valence-electron chi connectivity index (χ3n) is 4.21. The Hall–Kier alpha value is -3.80. The molecule has 3 rings (SSSR count). The number of benzene rings is 3. The molecule has 0 saturated carbocycles. The molecule has 0 aliphatic heterocycles. The molecule has 6 heteroatoms. The Balaban J connectivity index is 1.58. The van der Waals surface area contributed by atoms with Gasteiger partial charge in [0.25, 0.3) is 5.91 Å². The molecule has 0 heterocycles. The Morgan fingerprint density at radius 1 is 1.07 bits per heavy atom. The quantitative estimate of drug-likeness (QED) is 0.471. The summed E-state index contributed by atoms with van der Waals surface area (Å²) in [5.41, 5.74) is 5.57. The van der Waals surface area contributed by atoms with Gasteiger partial charge in [-0.2, -0.15) is 5.10 Å². The van der Waals surface area contributed by atoms with Gasteiger partial charge in [-0.05, 0) is 42.3 Å². The van der Waals surface area contributed by atoms with E-state index in [-0.39, 0.29) is 11.3 Å². The van der Waals surface area contributed by atoms with Gasteiger partial charge >= 0.3 is 0 Å². The number of rotatable bonds is 7. The van der Waals surface area contributed by atoms with E-state index in [1.54, 1.807) is 6.07 Å². The molecular formula is C23H22N2O4. The Bertz CT molecular complexity index is 1010. The molecule has 0 aliphatic carbocycles. The topological polar surface area (TPSA) is 80.2 Å². The van der Waals surface area contributed by atoms with Crippen LogP contribution in [0.3, 0.4) is 0 Å². The first-order valence-corrected chi connectivity index (χ1v) is 9.04. The number of carbonyl (C=O) groups excluding carboxylic acids is 1. The van der Waals surface area contributed by atoms with Gasteiger partial charge in [0.1, 0.15) is 23.9 Å². The van der Waals surface area contributed by atoms with Gasteiger partial charge in [-0.1, -0.05) is 42.0 Å². The normalized spacial score (nSPS) is 10.7. The lowest BCUT2D eigenvalue weighted by atomic mass is 10.2. The van der Waals surface area contributed by atoms with E-state index in [0.29, 0.717) is 18.1 Å². The van der Waals surface area contributed by atoms with E-state index in [2.05, 4.69) is 10.5 Å². The highest BCUT2D eigenvalue weighted by Gasteiger charge is 2.11. The molecule has 6 nitrogen and oxygen atoms in total. The number of carbonyl (C=O) groups is 1. The number of aromatic hydroxyl groups is 1. The fourth-order valence-electron chi connectivity index (χ4n) is 2.59. The molecule has 0 radical (unpaired) electrons. The van der Waals surface area contributed by atoms with Gasteiger partial charge < -0.3 is 14.6 Å². The maximum atomic E-state index is 12.2. The molecule has 3 aromatic carbocycles. The minimum atomic E-state index is -0.520. The largest absolute Gasteiger partial charge is 0.507 e. The summed E-state index contributed by atoms with van der Waals surface area (Å²) in [6.45, 7) is 2.51. The van der Waals surface area contributed by atoms with Crippen molar-refractivity contribution in [2.45, 2.75) is 13.5 Å². The minimum absolute atomic E-state index is 0.109. The van der Waals surface area contributed by atoms with Gasteiger partial charge in [-0.15, -0.1) is 0 Å². The van der Waals surface area contributed by atoms with Crippen molar-refractivity contribution in [1.29, 1.82) is 0 Å². The van der Waals surface area contributed by atoms with Crippen molar-refractivity contribution in [3.05, 3.63) is 89.0 Å². The monoisotopic (exact) mass is 390 g/mol. The first kappa shape index (κ1) is 19.9. The van der Waals surface area contributed by atoms with E-state index in [4.69, 9.17) is 9.47 Å². The summed E-state index contributed by atoms with van der Waals surface area (Å²) in [4.78, 5) is 12.2. The fraction of sp³-hybridized carbons (Fsp3) is 0.130. The van der Waals surface area contributed by atoms with E-state index in [9.17, 15) is 9.90 Å². The van der Waals surface area contributed by atoms with Crippen LogP contribution < -0.4 is 14.9 Å². The predicted octanol–water partition coefficient (Wildman–Crippen LogP) is 4.05. The van der Waals surface area contributed by atoms with Crippen molar-refractivity contribution >= 4 is 12.1 Å². The molecule has 0 atom stereocenters. The lowest BCUT2D eigenvalue weighted by Crippen LogP contribution is -2.17. The van der Waals surface area contributed by atoms with Crippen LogP contribution in [-0.2, 0) is 6.61 Å². The second-order valence-electron chi connectivity index (χ2n) is 6.43. The van der Waals surface area contributed by atoms with Gasteiger partial charge in [0.05, 0.1) is 18.9 Å². The molecule has 0 aromatic heterocycles. The van der Waals surface area contributed by atoms with Crippen LogP contribution in [0, 0.1) is 6.92 Å². The highest BCUT2D eigenvalue weighted by Crippen LogP contribution is 2.23. The molecule has 29 heavy (non-hydrogen) atoms. The molecule has 0 bridgehead atoms. The van der Waals surface area contributed by atoms with Crippen molar-refractivity contribution in [3.63, 3.8) is 0 Å². The molecule has 1 amide bonds. The van der Waals surface area contributed by atoms with Crippen LogP contribution in [0.4, 0.5) is 0 Å². The van der Waals surface area contributed by atoms with Gasteiger partial charge in [0.2, 0.25) is 0 Å². The lowest BCUT2D eigenvalue weighted by Gasteiger charge is -2.07. The number of phenolic OH excluding ortho intramolecular Hbond substituents is 1. The number of nitrogens with one attached hydrogen (secondary N) is 1. The second-order valence-corrected chi connectivity index (χ2v) is 6.43. The average molecular weight is 390 g/mol. The van der Waals surface area contributed by atoms with E-state index in [1.165, 1.54) is 31.0 Å². The lowest BCUT2D eigenvalue weighted by molar-refractivity contribution is 0.0952. The zero-order chi connectivity index (χ0) is 20.6. The Morgan fingerprint density at radius 3 is 2.59 bits per heavy atom. The number of nitrogens with zero attached hydrogens (tertiary/aromatic N) is 1. The molecule has 0 fully saturated rings. The number of hydrogen-bond acceptors (Lipinski definition) is 5. The Kier molecular flexibility index (Phi) is 6.47. The van der Waals surface area contributed by atoms with E-state index in [0.717, 1.165) is 11.1 Å². The van der Waals surface area contributed by atoms with Crippen LogP contribution in [-0.4, -0.2) is 24.3 Å². The molecule has 0 saturated heterocycles. The predicted molar refractivity (Wildman–Crippen MR) is 112 cm³/mol. The van der Waals surface area contributed by atoms with E-state index < -0.39 is 5.91 Å². The zero-order valence-corrected chi connectivity index (χ0v) is 16.3. The smallest absolute Gasteiger partial charge is 0.275 e. The molecule has 0 aliphatic rings. The van der Waals surface area contributed by atoms with Gasteiger partial charge in [0, 0.05) is 6.07 Å². The number of ether oxygens (including phenoxy) is 2. The number of hydrazone groups is 1. The number of aryl methyl sites for hydroxylation is 1. The summed E-state index contributed by atoms with van der Waals surface area (Å²) in [5, 5.41) is 13.9. The molecule has 0 spiro atoms. The number of hydrogen-bond donors (Lipinski definition) is 2. The standard InChI is InChI=1S/C23H22N2O4/c1-16-6-8-17(9-7-16)15-29-20-5-3-4-18(12-20)14-24-25-23(27)21-11-10-19(28-2)13-22(21)26/h3-14,26H,15H2,1-2H3,(H,25,27)/b24-14-. The highest BCUT2D eigenvalue weighted by molar-refractivity contribution is 5.97. The van der Waals surface area contributed by atoms with Crippen LogP contribution in [0.2, 0.25) is 0 Å². The minimum Gasteiger partial charge on any atom is -0.507 e. The molecule has 2 N–H and O–H groups in total. The van der Waals surface area contributed by atoms with Crippen molar-refractivity contribution in [1.82, 2.24) is 5.43 Å². The Morgan fingerprint density at radius 2 is 1.86 bits per heavy atom. The van der Waals surface area contributed by atoms with Gasteiger partial charge in [-0.25, -0.2) is 5.43 Å². The van der Waals surface area contributed by atoms with E-state index >= 15 is 0 Å². The first-order valence-electron chi connectivity index (χ1n) is 9.04. The SMILES string of the molecule is COc1ccc(C(=O)N/N=C\c2cccc(OCc3ccc(C)cc3)c2)c(O)c1. The van der Waals surface area contributed by atoms with Gasteiger partial charge in [-0.3, -0.25) is 4.79 Å². The van der Waals surface area contributed by atoms with Crippen LogP contribution in [0.5, 0.6) is 17.2 Å². The van der Waals surface area contributed by atoms with Crippen LogP contribution in [0.1, 0.15) is 27.0 Å². The summed E-state index contributed by atoms with van der Waals surface area (Å²) < 4.78 is 10.8. The summed E-state index contributed by atoms with van der Waals surface area (Å²) in [5.74, 6) is 0.468. The summed E-state index contributed by atoms with van der Waals surface area (Å²) in [6.07, 6.45) is 1.51. The van der Waals surface area contributed by atoms with Crippen LogP contribution in [0.25, 0.3) is 0 Å². The third kappa shape index (κ3) is 5.59. The molecule has 0 unspecified atom stereocenters. The summed E-state index contributed by atoms with van der Waals surface area (Å²) in [6, 6.07) is 20.0. The number of methoxy groups -OCH3 is 1. The van der Waals surface area contributed by atoms with Gasteiger partial charge in [0.15, 0.2) is 0 Å². The Labute approximate surface area is 169 Å². The average Bonchev–Trinajstić information content (AvgIpc) is 2.73. The van der Waals surface area contributed by atoms with Crippen LogP contribution in [0.15, 0.2) is 71.8 Å². The summed E-state index contributed by atoms with van der Waals surface area (Å²) >= 11 is 0. The van der Waals surface area contributed by atoms with Crippen molar-refractivity contribution in [3.8, 4) is 17.2 Å². The molecular weight excluding hydrogens is 368 g/mol. The van der Waals surface area contributed by atoms with Crippen molar-refractivity contribution in [2.24, 2.45) is 5.10 Å². The number of phenols is 1. The number of amides is 1. The van der Waals surface area contributed by atoms with E-state index in [1.807, 2.05) is 55.5 Å². The molecule has 3 aromatic rings. The fourth-order valence-corrected chi connectivity index (χ4v) is 2.59. The molecule has 148 valence electrons. The third-order valence-corrected chi connectivity index (χ3v) is 4.21. The van der Waals surface area contributed by atoms with Crippen LogP contribution >= 0.6 is 0 Å². The maximum Gasteiger partial charge on any atom is 0.275 e.